The third kappa shape index (κ3) is 5.19. The van der Waals surface area contributed by atoms with Gasteiger partial charge in [0, 0.05) is 24.8 Å². The van der Waals surface area contributed by atoms with E-state index in [2.05, 4.69) is 15.3 Å². The van der Waals surface area contributed by atoms with Gasteiger partial charge in [-0.15, -0.1) is 0 Å². The van der Waals surface area contributed by atoms with Gasteiger partial charge in [0.25, 0.3) is 5.56 Å². The molecular weight excluding hydrogens is 462 g/mol. The number of nitrogens with one attached hydrogen (secondary N) is 1. The Bertz CT molecular complexity index is 1510. The van der Waals surface area contributed by atoms with Gasteiger partial charge in [0.05, 0.1) is 5.75 Å². The van der Waals surface area contributed by atoms with E-state index in [1.807, 2.05) is 68.4 Å². The number of carbonyl (C=O) groups is 1. The Morgan fingerprint density at radius 2 is 1.71 bits per heavy atom. The van der Waals surface area contributed by atoms with E-state index >= 15 is 0 Å². The molecule has 35 heavy (non-hydrogen) atoms. The number of aryl methyl sites for hydroxylation is 1. The number of fused-ring (bicyclic) bond motifs is 1. The summed E-state index contributed by atoms with van der Waals surface area (Å²) >= 11 is 1.16. The van der Waals surface area contributed by atoms with Crippen LogP contribution in [0.5, 0.6) is 0 Å². The smallest absolute Gasteiger partial charge is 0.325 e. The summed E-state index contributed by atoms with van der Waals surface area (Å²) in [5, 5.41) is 3.61. The Balaban J connectivity index is 1.64. The number of rotatable bonds is 7. The quantitative estimate of drug-likeness (QED) is 0.313. The van der Waals surface area contributed by atoms with Crippen LogP contribution in [0.15, 0.2) is 69.2 Å². The molecule has 0 aliphatic rings. The second-order valence-electron chi connectivity index (χ2n) is 8.67. The highest BCUT2D eigenvalue weighted by molar-refractivity contribution is 8.00. The van der Waals surface area contributed by atoms with Gasteiger partial charge in [0.2, 0.25) is 5.91 Å². The molecule has 0 saturated heterocycles. The van der Waals surface area contributed by atoms with Crippen LogP contribution >= 0.6 is 11.8 Å². The Kier molecular flexibility index (Phi) is 7.16. The molecule has 9 heteroatoms. The van der Waals surface area contributed by atoms with Crippen LogP contribution < -0.4 is 16.6 Å². The zero-order chi connectivity index (χ0) is 25.1. The molecule has 0 bridgehead atoms. The number of amides is 1. The average Bonchev–Trinajstić information content (AvgIpc) is 2.84. The standard InChI is InChI=1S/C26H27N5O3S/c1-16(2)14-31-23-22(25(33)30(4)26(31)34)24(28-17(3)27-23)35-15-21(32)29-20-13-9-8-12-19(20)18-10-6-5-7-11-18/h5-13,16H,14-15H2,1-4H3,(H,29,32). The summed E-state index contributed by atoms with van der Waals surface area (Å²) in [4.78, 5) is 47.5. The van der Waals surface area contributed by atoms with Gasteiger partial charge in [-0.3, -0.25) is 18.7 Å². The first-order valence-electron chi connectivity index (χ1n) is 11.3. The van der Waals surface area contributed by atoms with Crippen LogP contribution in [0.3, 0.4) is 0 Å². The molecule has 0 fully saturated rings. The van der Waals surface area contributed by atoms with E-state index in [-0.39, 0.29) is 23.0 Å². The van der Waals surface area contributed by atoms with Crippen molar-refractivity contribution in [3.05, 3.63) is 81.3 Å². The molecule has 0 atom stereocenters. The molecule has 8 nitrogen and oxygen atoms in total. The lowest BCUT2D eigenvalue weighted by Gasteiger charge is -2.15. The third-order valence-electron chi connectivity index (χ3n) is 5.43. The minimum atomic E-state index is -0.470. The zero-order valence-electron chi connectivity index (χ0n) is 20.1. The van der Waals surface area contributed by atoms with Crippen molar-refractivity contribution >= 4 is 34.4 Å². The number of benzene rings is 2. The molecule has 2 aromatic carbocycles. The normalized spacial score (nSPS) is 11.2. The van der Waals surface area contributed by atoms with Crippen molar-refractivity contribution in [3.8, 4) is 11.1 Å². The van der Waals surface area contributed by atoms with Crippen LogP contribution in [0.4, 0.5) is 5.69 Å². The maximum atomic E-state index is 13.0. The zero-order valence-corrected chi connectivity index (χ0v) is 20.9. The topological polar surface area (TPSA) is 98.9 Å². The number of carbonyl (C=O) groups excluding carboxylic acids is 1. The molecule has 2 aromatic heterocycles. The number of hydrogen-bond acceptors (Lipinski definition) is 6. The lowest BCUT2D eigenvalue weighted by atomic mass is 10.0. The SMILES string of the molecule is Cc1nc(SCC(=O)Nc2ccccc2-c2ccccc2)c2c(=O)n(C)c(=O)n(CC(C)C)c2n1. The fourth-order valence-corrected chi connectivity index (χ4v) is 4.72. The molecular formula is C26H27N5O3S. The first-order valence-corrected chi connectivity index (χ1v) is 12.3. The van der Waals surface area contributed by atoms with Gasteiger partial charge in [-0.25, -0.2) is 14.8 Å². The highest BCUT2D eigenvalue weighted by atomic mass is 32.2. The molecule has 1 N–H and O–H groups in total. The van der Waals surface area contributed by atoms with Gasteiger partial charge < -0.3 is 5.32 Å². The molecule has 0 aliphatic heterocycles. The number of aromatic nitrogens is 4. The largest absolute Gasteiger partial charge is 0.332 e. The Morgan fingerprint density at radius 3 is 2.43 bits per heavy atom. The molecule has 1 amide bonds. The van der Waals surface area contributed by atoms with Crippen molar-refractivity contribution in [1.29, 1.82) is 0 Å². The first kappa shape index (κ1) is 24.4. The van der Waals surface area contributed by atoms with Crippen molar-refractivity contribution in [3.63, 3.8) is 0 Å². The molecule has 0 unspecified atom stereocenters. The molecule has 4 aromatic rings. The highest BCUT2D eigenvalue weighted by Crippen LogP contribution is 2.28. The summed E-state index contributed by atoms with van der Waals surface area (Å²) in [5.74, 6) is 0.423. The second-order valence-corrected chi connectivity index (χ2v) is 9.64. The van der Waals surface area contributed by atoms with Crippen molar-refractivity contribution in [1.82, 2.24) is 19.1 Å². The first-order chi connectivity index (χ1) is 16.8. The number of nitrogens with zero attached hydrogens (tertiary/aromatic N) is 4. The molecule has 4 rings (SSSR count). The summed E-state index contributed by atoms with van der Waals surface area (Å²) in [6.07, 6.45) is 0. The molecule has 180 valence electrons. The fraction of sp³-hybridized carbons (Fsp3) is 0.269. The van der Waals surface area contributed by atoms with E-state index in [1.54, 1.807) is 6.92 Å². The van der Waals surface area contributed by atoms with Gasteiger partial charge >= 0.3 is 5.69 Å². The van der Waals surface area contributed by atoms with E-state index in [0.717, 1.165) is 27.5 Å². The van der Waals surface area contributed by atoms with Crippen molar-refractivity contribution in [2.24, 2.45) is 13.0 Å². The molecule has 0 saturated carbocycles. The predicted octanol–water partition coefficient (Wildman–Crippen LogP) is 3.85. The van der Waals surface area contributed by atoms with Gasteiger partial charge in [0.15, 0.2) is 5.65 Å². The van der Waals surface area contributed by atoms with Crippen LogP contribution in [0.25, 0.3) is 22.2 Å². The van der Waals surface area contributed by atoms with Crippen LogP contribution in [0, 0.1) is 12.8 Å². The van der Waals surface area contributed by atoms with Gasteiger partial charge in [-0.2, -0.15) is 0 Å². The summed E-state index contributed by atoms with van der Waals surface area (Å²) in [5.41, 5.74) is 2.04. The lowest BCUT2D eigenvalue weighted by Crippen LogP contribution is -2.39. The van der Waals surface area contributed by atoms with Crippen molar-refractivity contribution < 1.29 is 4.79 Å². The maximum Gasteiger partial charge on any atom is 0.332 e. The van der Waals surface area contributed by atoms with Crippen LogP contribution in [-0.4, -0.2) is 30.8 Å². The Labute approximate surface area is 207 Å². The summed E-state index contributed by atoms with van der Waals surface area (Å²) < 4.78 is 2.58. The minimum Gasteiger partial charge on any atom is -0.325 e. The third-order valence-corrected chi connectivity index (χ3v) is 6.41. The van der Waals surface area contributed by atoms with E-state index in [9.17, 15) is 14.4 Å². The number of hydrogen-bond donors (Lipinski definition) is 1. The average molecular weight is 490 g/mol. The molecule has 0 radical (unpaired) electrons. The van der Waals surface area contributed by atoms with Gasteiger partial charge in [-0.1, -0.05) is 74.1 Å². The highest BCUT2D eigenvalue weighted by Gasteiger charge is 2.19. The Hall–Kier alpha value is -3.72. The minimum absolute atomic E-state index is 0.0428. The lowest BCUT2D eigenvalue weighted by molar-refractivity contribution is -0.113. The van der Waals surface area contributed by atoms with Gasteiger partial charge in [0.1, 0.15) is 16.2 Å². The number of para-hydroxylation sites is 1. The molecule has 0 aliphatic carbocycles. The van der Waals surface area contributed by atoms with Crippen molar-refractivity contribution in [2.75, 3.05) is 11.1 Å². The molecule has 0 spiro atoms. The Morgan fingerprint density at radius 1 is 1.03 bits per heavy atom. The summed E-state index contributed by atoms with van der Waals surface area (Å²) in [7, 11) is 1.45. The van der Waals surface area contributed by atoms with Crippen LogP contribution in [-0.2, 0) is 18.4 Å². The summed E-state index contributed by atoms with van der Waals surface area (Å²) in [6.45, 7) is 6.11. The second kappa shape index (κ2) is 10.3. The van der Waals surface area contributed by atoms with Crippen LogP contribution in [0.1, 0.15) is 19.7 Å². The monoisotopic (exact) mass is 489 g/mol. The van der Waals surface area contributed by atoms with Crippen LogP contribution in [0.2, 0.25) is 0 Å². The van der Waals surface area contributed by atoms with E-state index in [4.69, 9.17) is 0 Å². The van der Waals surface area contributed by atoms with E-state index in [1.165, 1.54) is 11.6 Å². The summed E-state index contributed by atoms with van der Waals surface area (Å²) in [6, 6.07) is 17.4. The van der Waals surface area contributed by atoms with Gasteiger partial charge in [-0.05, 0) is 24.5 Å². The predicted molar refractivity (Wildman–Crippen MR) is 140 cm³/mol. The van der Waals surface area contributed by atoms with E-state index in [0.29, 0.717) is 28.7 Å². The van der Waals surface area contributed by atoms with Crippen molar-refractivity contribution in [2.45, 2.75) is 32.3 Å². The van der Waals surface area contributed by atoms with E-state index < -0.39 is 11.2 Å². The fourth-order valence-electron chi connectivity index (χ4n) is 3.86. The maximum absolute atomic E-state index is 13.0. The number of thioether (sulfide) groups is 1. The molecule has 2 heterocycles. The number of anilines is 1.